The minimum atomic E-state index is -0.262. The average molecular weight is 214 g/mol. The summed E-state index contributed by atoms with van der Waals surface area (Å²) in [5.74, 6) is -0.262. The molecule has 0 unspecified atom stereocenters. The third kappa shape index (κ3) is 1.77. The van der Waals surface area contributed by atoms with E-state index < -0.39 is 0 Å². The monoisotopic (exact) mass is 213 g/mol. The molecule has 3 heteroatoms. The smallest absolute Gasteiger partial charge is 0.144 e. The van der Waals surface area contributed by atoms with Gasteiger partial charge in [-0.15, -0.1) is 0 Å². The zero-order valence-electron chi connectivity index (χ0n) is 8.11. The van der Waals surface area contributed by atoms with Crippen molar-refractivity contribution in [1.82, 2.24) is 5.32 Å². The summed E-state index contributed by atoms with van der Waals surface area (Å²) in [6.45, 7) is 4.07. The van der Waals surface area contributed by atoms with Gasteiger partial charge in [-0.3, -0.25) is 0 Å². The summed E-state index contributed by atoms with van der Waals surface area (Å²) in [7, 11) is 0. The van der Waals surface area contributed by atoms with Crippen LogP contribution in [0.4, 0.5) is 4.39 Å². The molecule has 0 saturated carbocycles. The van der Waals surface area contributed by atoms with Gasteiger partial charge in [-0.05, 0) is 23.5 Å². The SMILES string of the molecule is CC1(Cc2cccc(Cl)c2F)CNC1. The van der Waals surface area contributed by atoms with Gasteiger partial charge in [0.2, 0.25) is 0 Å². The Bertz CT molecular complexity index is 347. The fourth-order valence-electron chi connectivity index (χ4n) is 1.82. The van der Waals surface area contributed by atoms with Crippen LogP contribution in [0.3, 0.4) is 0 Å². The Hall–Kier alpha value is -0.600. The highest BCUT2D eigenvalue weighted by Crippen LogP contribution is 2.29. The van der Waals surface area contributed by atoms with Gasteiger partial charge in [0, 0.05) is 13.1 Å². The predicted molar refractivity (Wildman–Crippen MR) is 56.1 cm³/mol. The molecule has 0 aliphatic carbocycles. The minimum Gasteiger partial charge on any atom is -0.316 e. The molecule has 1 fully saturated rings. The number of hydrogen-bond acceptors (Lipinski definition) is 1. The molecule has 14 heavy (non-hydrogen) atoms. The second-order valence-corrected chi connectivity index (χ2v) is 4.71. The number of halogens is 2. The molecular formula is C11H13ClFN. The molecule has 1 N–H and O–H groups in total. The molecule has 1 aliphatic heterocycles. The Balaban J connectivity index is 2.20. The quantitative estimate of drug-likeness (QED) is 0.797. The van der Waals surface area contributed by atoms with Crippen LogP contribution >= 0.6 is 11.6 Å². The molecular weight excluding hydrogens is 201 g/mol. The summed E-state index contributed by atoms with van der Waals surface area (Å²) in [6, 6.07) is 5.20. The van der Waals surface area contributed by atoms with E-state index in [9.17, 15) is 4.39 Å². The molecule has 1 nitrogen and oxygen atoms in total. The van der Waals surface area contributed by atoms with E-state index in [1.165, 1.54) is 0 Å². The molecule has 1 aliphatic rings. The Labute approximate surface area is 88.3 Å². The molecule has 0 amide bonds. The van der Waals surface area contributed by atoms with E-state index in [2.05, 4.69) is 12.2 Å². The van der Waals surface area contributed by atoms with Gasteiger partial charge in [0.25, 0.3) is 0 Å². The second-order valence-electron chi connectivity index (χ2n) is 4.30. The van der Waals surface area contributed by atoms with Crippen LogP contribution in [-0.2, 0) is 6.42 Å². The number of nitrogens with one attached hydrogen (secondary N) is 1. The molecule has 2 rings (SSSR count). The first-order valence-corrected chi connectivity index (χ1v) is 5.12. The predicted octanol–water partition coefficient (Wildman–Crippen LogP) is 2.63. The third-order valence-corrected chi connectivity index (χ3v) is 3.04. The zero-order valence-corrected chi connectivity index (χ0v) is 8.87. The van der Waals surface area contributed by atoms with Gasteiger partial charge in [0.15, 0.2) is 0 Å². The van der Waals surface area contributed by atoms with E-state index in [1.54, 1.807) is 12.1 Å². The van der Waals surface area contributed by atoms with Crippen molar-refractivity contribution < 1.29 is 4.39 Å². The lowest BCUT2D eigenvalue weighted by Gasteiger charge is -2.39. The lowest BCUT2D eigenvalue weighted by molar-refractivity contribution is 0.193. The standard InChI is InChI=1S/C11H13ClFN/c1-11(6-14-7-11)5-8-3-2-4-9(12)10(8)13/h2-4,14H,5-7H2,1H3. The summed E-state index contributed by atoms with van der Waals surface area (Å²) >= 11 is 5.71. The first-order chi connectivity index (χ1) is 6.61. The van der Waals surface area contributed by atoms with Gasteiger partial charge in [-0.2, -0.15) is 0 Å². The highest BCUT2D eigenvalue weighted by atomic mass is 35.5. The van der Waals surface area contributed by atoms with Crippen LogP contribution in [0.15, 0.2) is 18.2 Å². The summed E-state index contributed by atoms with van der Waals surface area (Å²) in [5, 5.41) is 3.42. The van der Waals surface area contributed by atoms with Crippen LogP contribution in [0.2, 0.25) is 5.02 Å². The summed E-state index contributed by atoms with van der Waals surface area (Å²) in [5.41, 5.74) is 0.924. The van der Waals surface area contributed by atoms with E-state index in [0.717, 1.165) is 25.1 Å². The van der Waals surface area contributed by atoms with E-state index in [1.807, 2.05) is 6.07 Å². The topological polar surface area (TPSA) is 12.0 Å². The van der Waals surface area contributed by atoms with Crippen LogP contribution in [0.1, 0.15) is 12.5 Å². The number of rotatable bonds is 2. The largest absolute Gasteiger partial charge is 0.316 e. The number of benzene rings is 1. The second kappa shape index (κ2) is 3.52. The van der Waals surface area contributed by atoms with Crippen LogP contribution in [0, 0.1) is 11.2 Å². The van der Waals surface area contributed by atoms with Gasteiger partial charge >= 0.3 is 0 Å². The molecule has 1 aromatic carbocycles. The molecule has 1 heterocycles. The summed E-state index contributed by atoms with van der Waals surface area (Å²) < 4.78 is 13.5. The highest BCUT2D eigenvalue weighted by Gasteiger charge is 2.32. The molecule has 0 atom stereocenters. The van der Waals surface area contributed by atoms with Crippen molar-refractivity contribution in [3.63, 3.8) is 0 Å². The van der Waals surface area contributed by atoms with Crippen molar-refractivity contribution in [2.45, 2.75) is 13.3 Å². The maximum absolute atomic E-state index is 13.5. The maximum Gasteiger partial charge on any atom is 0.144 e. The Morgan fingerprint density at radius 1 is 1.50 bits per heavy atom. The normalized spacial score (nSPS) is 19.1. The minimum absolute atomic E-state index is 0.200. The molecule has 0 radical (unpaired) electrons. The summed E-state index contributed by atoms with van der Waals surface area (Å²) in [6.07, 6.45) is 0.756. The molecule has 0 spiro atoms. The van der Waals surface area contributed by atoms with E-state index in [4.69, 9.17) is 11.6 Å². The van der Waals surface area contributed by atoms with Gasteiger partial charge in [-0.25, -0.2) is 4.39 Å². The van der Waals surface area contributed by atoms with Gasteiger partial charge < -0.3 is 5.32 Å². The van der Waals surface area contributed by atoms with Gasteiger partial charge in [0.1, 0.15) is 5.82 Å². The van der Waals surface area contributed by atoms with Crippen molar-refractivity contribution in [2.75, 3.05) is 13.1 Å². The Kier molecular flexibility index (Phi) is 2.50. The molecule has 76 valence electrons. The van der Waals surface area contributed by atoms with Crippen molar-refractivity contribution in [3.05, 3.63) is 34.6 Å². The fourth-order valence-corrected chi connectivity index (χ4v) is 2.02. The average Bonchev–Trinajstić information content (AvgIpc) is 2.10. The van der Waals surface area contributed by atoms with Crippen molar-refractivity contribution >= 4 is 11.6 Å². The van der Waals surface area contributed by atoms with Crippen molar-refractivity contribution in [3.8, 4) is 0 Å². The molecule has 0 aromatic heterocycles. The van der Waals surface area contributed by atoms with E-state index in [-0.39, 0.29) is 16.3 Å². The highest BCUT2D eigenvalue weighted by molar-refractivity contribution is 6.30. The summed E-state index contributed by atoms with van der Waals surface area (Å²) in [4.78, 5) is 0. The lowest BCUT2D eigenvalue weighted by atomic mass is 9.78. The lowest BCUT2D eigenvalue weighted by Crippen LogP contribution is -2.52. The maximum atomic E-state index is 13.5. The van der Waals surface area contributed by atoms with Crippen LogP contribution in [0.25, 0.3) is 0 Å². The van der Waals surface area contributed by atoms with Gasteiger partial charge in [-0.1, -0.05) is 30.7 Å². The molecule has 0 bridgehead atoms. The Morgan fingerprint density at radius 2 is 2.21 bits per heavy atom. The van der Waals surface area contributed by atoms with Crippen molar-refractivity contribution in [1.29, 1.82) is 0 Å². The fraction of sp³-hybridized carbons (Fsp3) is 0.455. The first kappa shape index (κ1) is 9.94. The first-order valence-electron chi connectivity index (χ1n) is 4.74. The third-order valence-electron chi connectivity index (χ3n) is 2.75. The molecule has 1 saturated heterocycles. The van der Waals surface area contributed by atoms with E-state index in [0.29, 0.717) is 0 Å². The Morgan fingerprint density at radius 3 is 2.79 bits per heavy atom. The molecule has 1 aromatic rings. The number of hydrogen-bond donors (Lipinski definition) is 1. The van der Waals surface area contributed by atoms with Crippen molar-refractivity contribution in [2.24, 2.45) is 5.41 Å². The van der Waals surface area contributed by atoms with E-state index >= 15 is 0 Å². The zero-order chi connectivity index (χ0) is 10.2. The van der Waals surface area contributed by atoms with Gasteiger partial charge in [0.05, 0.1) is 5.02 Å². The van der Waals surface area contributed by atoms with Crippen LogP contribution < -0.4 is 5.32 Å². The van der Waals surface area contributed by atoms with Crippen LogP contribution in [0.5, 0.6) is 0 Å². The van der Waals surface area contributed by atoms with Crippen LogP contribution in [-0.4, -0.2) is 13.1 Å².